The highest BCUT2D eigenvalue weighted by atomic mass is 127. The van der Waals surface area contributed by atoms with Crippen LogP contribution >= 0.6 is 24.0 Å². The molecule has 32 heavy (non-hydrogen) atoms. The summed E-state index contributed by atoms with van der Waals surface area (Å²) in [7, 11) is 2.07. The Hall–Kier alpha value is -2.29. The van der Waals surface area contributed by atoms with Crippen LogP contribution in [0.3, 0.4) is 0 Å². The molecule has 1 saturated carbocycles. The van der Waals surface area contributed by atoms with E-state index in [1.165, 1.54) is 16.7 Å². The number of nitrogens with zero attached hydrogens (tertiary/aromatic N) is 2. The van der Waals surface area contributed by atoms with E-state index in [1.807, 2.05) is 24.3 Å². The SMILES string of the molecule is CCNC(=NCCc1ccc(OCC(=O)NC2CC2)cc1)N(C)Cc1ccccc1C.I. The van der Waals surface area contributed by atoms with Crippen molar-refractivity contribution in [3.05, 3.63) is 65.2 Å². The molecule has 0 spiro atoms. The monoisotopic (exact) mass is 550 g/mol. The molecule has 174 valence electrons. The molecule has 0 heterocycles. The molecule has 2 aromatic rings. The van der Waals surface area contributed by atoms with Crippen LogP contribution in [0.2, 0.25) is 0 Å². The van der Waals surface area contributed by atoms with Crippen LogP contribution in [0.15, 0.2) is 53.5 Å². The first kappa shape index (κ1) is 26.0. The van der Waals surface area contributed by atoms with Crippen LogP contribution in [0.1, 0.15) is 36.5 Å². The molecule has 0 aliphatic heterocycles. The Morgan fingerprint density at radius 1 is 1.16 bits per heavy atom. The number of aryl methyl sites for hydroxylation is 1. The average Bonchev–Trinajstić information content (AvgIpc) is 3.58. The first-order valence-electron chi connectivity index (χ1n) is 11.1. The van der Waals surface area contributed by atoms with Crippen LogP contribution in [0.5, 0.6) is 5.75 Å². The second-order valence-electron chi connectivity index (χ2n) is 8.04. The van der Waals surface area contributed by atoms with E-state index in [4.69, 9.17) is 9.73 Å². The lowest BCUT2D eigenvalue weighted by Gasteiger charge is -2.23. The normalized spacial score (nSPS) is 13.2. The first-order chi connectivity index (χ1) is 15.0. The molecule has 1 aliphatic rings. The van der Waals surface area contributed by atoms with Gasteiger partial charge in [0.25, 0.3) is 5.91 Å². The Morgan fingerprint density at radius 3 is 2.53 bits per heavy atom. The van der Waals surface area contributed by atoms with Gasteiger partial charge in [0.2, 0.25) is 0 Å². The summed E-state index contributed by atoms with van der Waals surface area (Å²) in [5, 5.41) is 6.30. The van der Waals surface area contributed by atoms with E-state index >= 15 is 0 Å². The average molecular weight is 550 g/mol. The number of hydrogen-bond acceptors (Lipinski definition) is 3. The first-order valence-corrected chi connectivity index (χ1v) is 11.1. The fourth-order valence-electron chi connectivity index (χ4n) is 3.28. The number of nitrogens with one attached hydrogen (secondary N) is 2. The summed E-state index contributed by atoms with van der Waals surface area (Å²) in [4.78, 5) is 18.7. The standard InChI is InChI=1S/C25H34N4O2.HI/c1-4-26-25(29(3)17-21-8-6-5-7-19(21)2)27-16-15-20-9-13-23(14-10-20)31-18-24(30)28-22-11-12-22;/h5-10,13-14,22H,4,11-12,15-18H2,1-3H3,(H,26,27)(H,28,30);1H. The van der Waals surface area contributed by atoms with Gasteiger partial charge in [-0.05, 0) is 61.9 Å². The summed E-state index contributed by atoms with van der Waals surface area (Å²) in [6.45, 7) is 6.64. The highest BCUT2D eigenvalue weighted by Crippen LogP contribution is 2.18. The molecule has 1 amide bonds. The number of carbonyl (C=O) groups is 1. The van der Waals surface area contributed by atoms with Crippen molar-refractivity contribution in [2.24, 2.45) is 4.99 Å². The molecule has 6 nitrogen and oxygen atoms in total. The number of carbonyl (C=O) groups excluding carboxylic acids is 1. The molecule has 1 fully saturated rings. The van der Waals surface area contributed by atoms with Crippen LogP contribution in [-0.2, 0) is 17.8 Å². The highest BCUT2D eigenvalue weighted by Gasteiger charge is 2.23. The lowest BCUT2D eigenvalue weighted by molar-refractivity contribution is -0.123. The summed E-state index contributed by atoms with van der Waals surface area (Å²) in [6.07, 6.45) is 3.01. The van der Waals surface area contributed by atoms with Crippen LogP contribution in [0.25, 0.3) is 0 Å². The summed E-state index contributed by atoms with van der Waals surface area (Å²) < 4.78 is 5.57. The van der Waals surface area contributed by atoms with Gasteiger partial charge in [-0.25, -0.2) is 0 Å². The lowest BCUT2D eigenvalue weighted by atomic mass is 10.1. The zero-order valence-corrected chi connectivity index (χ0v) is 21.6. The van der Waals surface area contributed by atoms with Crippen molar-refractivity contribution in [2.75, 3.05) is 26.7 Å². The number of ether oxygens (including phenoxy) is 1. The van der Waals surface area contributed by atoms with Gasteiger partial charge < -0.3 is 20.3 Å². The summed E-state index contributed by atoms with van der Waals surface area (Å²) in [5.41, 5.74) is 3.78. The third kappa shape index (κ3) is 8.68. The smallest absolute Gasteiger partial charge is 0.258 e. The maximum Gasteiger partial charge on any atom is 0.258 e. The zero-order chi connectivity index (χ0) is 22.1. The van der Waals surface area contributed by atoms with Crippen LogP contribution in [-0.4, -0.2) is 49.6 Å². The number of benzene rings is 2. The highest BCUT2D eigenvalue weighted by molar-refractivity contribution is 14.0. The molecule has 0 saturated heterocycles. The van der Waals surface area contributed by atoms with Crippen molar-refractivity contribution < 1.29 is 9.53 Å². The van der Waals surface area contributed by atoms with Crippen molar-refractivity contribution in [3.8, 4) is 5.75 Å². The quantitative estimate of drug-likeness (QED) is 0.268. The fraction of sp³-hybridized carbons (Fsp3) is 0.440. The molecule has 2 aromatic carbocycles. The van der Waals surface area contributed by atoms with Crippen LogP contribution in [0, 0.1) is 6.92 Å². The van der Waals surface area contributed by atoms with Gasteiger partial charge in [0.1, 0.15) is 5.75 Å². The maximum absolute atomic E-state index is 11.7. The minimum Gasteiger partial charge on any atom is -0.484 e. The largest absolute Gasteiger partial charge is 0.484 e. The Labute approximate surface area is 208 Å². The van der Waals surface area contributed by atoms with E-state index in [0.717, 1.165) is 38.3 Å². The van der Waals surface area contributed by atoms with Gasteiger partial charge in [0.05, 0.1) is 0 Å². The molecule has 0 unspecified atom stereocenters. The molecule has 3 rings (SSSR count). The van der Waals surface area contributed by atoms with E-state index in [0.29, 0.717) is 18.3 Å². The van der Waals surface area contributed by atoms with E-state index in [-0.39, 0.29) is 36.5 Å². The molecular weight excluding hydrogens is 515 g/mol. The van der Waals surface area contributed by atoms with Gasteiger partial charge in [-0.15, -0.1) is 24.0 Å². The van der Waals surface area contributed by atoms with Gasteiger partial charge >= 0.3 is 0 Å². The van der Waals surface area contributed by atoms with Gasteiger partial charge in [-0.1, -0.05) is 36.4 Å². The second-order valence-corrected chi connectivity index (χ2v) is 8.04. The Kier molecular flexibility index (Phi) is 10.8. The van der Waals surface area contributed by atoms with Crippen molar-refractivity contribution >= 4 is 35.8 Å². The second kappa shape index (κ2) is 13.3. The number of hydrogen-bond donors (Lipinski definition) is 2. The van der Waals surface area contributed by atoms with Gasteiger partial charge in [0.15, 0.2) is 12.6 Å². The zero-order valence-electron chi connectivity index (χ0n) is 19.3. The lowest BCUT2D eigenvalue weighted by Crippen LogP contribution is -2.38. The minimum atomic E-state index is -0.0494. The molecule has 1 aliphatic carbocycles. The molecular formula is C25H35IN4O2. The van der Waals surface area contributed by atoms with Gasteiger partial charge in [0, 0.05) is 32.7 Å². The molecule has 0 bridgehead atoms. The molecule has 0 radical (unpaired) electrons. The van der Waals surface area contributed by atoms with Crippen molar-refractivity contribution in [1.82, 2.24) is 15.5 Å². The van der Waals surface area contributed by atoms with E-state index < -0.39 is 0 Å². The van der Waals surface area contributed by atoms with E-state index in [9.17, 15) is 4.79 Å². The summed E-state index contributed by atoms with van der Waals surface area (Å²) in [6, 6.07) is 16.7. The summed E-state index contributed by atoms with van der Waals surface area (Å²) >= 11 is 0. The van der Waals surface area contributed by atoms with Crippen molar-refractivity contribution in [3.63, 3.8) is 0 Å². The van der Waals surface area contributed by atoms with Gasteiger partial charge in [-0.3, -0.25) is 9.79 Å². The Morgan fingerprint density at radius 2 is 1.88 bits per heavy atom. The van der Waals surface area contributed by atoms with E-state index in [2.05, 4.69) is 60.7 Å². The van der Waals surface area contributed by atoms with Crippen LogP contribution < -0.4 is 15.4 Å². The minimum absolute atomic E-state index is 0. The molecule has 7 heteroatoms. The molecule has 0 atom stereocenters. The topological polar surface area (TPSA) is 66.0 Å². The number of rotatable bonds is 10. The summed E-state index contributed by atoms with van der Waals surface area (Å²) in [5.74, 6) is 1.57. The van der Waals surface area contributed by atoms with E-state index in [1.54, 1.807) is 0 Å². The van der Waals surface area contributed by atoms with Crippen molar-refractivity contribution in [1.29, 1.82) is 0 Å². The number of halogens is 1. The number of aliphatic imine (C=N–C) groups is 1. The maximum atomic E-state index is 11.7. The predicted octanol–water partition coefficient (Wildman–Crippen LogP) is 3.91. The Balaban J connectivity index is 0.00000363. The molecule has 2 N–H and O–H groups in total. The third-order valence-corrected chi connectivity index (χ3v) is 5.26. The van der Waals surface area contributed by atoms with Gasteiger partial charge in [-0.2, -0.15) is 0 Å². The fourth-order valence-corrected chi connectivity index (χ4v) is 3.28. The van der Waals surface area contributed by atoms with Crippen LogP contribution in [0.4, 0.5) is 0 Å². The van der Waals surface area contributed by atoms with Crippen molar-refractivity contribution in [2.45, 2.75) is 45.7 Å². The Bertz CT molecular complexity index is 882. The molecule has 0 aromatic heterocycles. The number of guanidine groups is 1. The number of amides is 1. The predicted molar refractivity (Wildman–Crippen MR) is 141 cm³/mol. The third-order valence-electron chi connectivity index (χ3n) is 5.26.